The van der Waals surface area contributed by atoms with E-state index < -0.39 is 0 Å². The van der Waals surface area contributed by atoms with Crippen LogP contribution in [0.5, 0.6) is 5.75 Å². The fourth-order valence-corrected chi connectivity index (χ4v) is 3.50. The Morgan fingerprint density at radius 1 is 1.10 bits per heavy atom. The molecule has 0 aliphatic heterocycles. The van der Waals surface area contributed by atoms with E-state index in [4.69, 9.17) is 16.3 Å². The summed E-state index contributed by atoms with van der Waals surface area (Å²) in [4.78, 5) is 24.5. The van der Waals surface area contributed by atoms with E-state index in [1.165, 1.54) is 10.7 Å². The molecule has 158 valence electrons. The van der Waals surface area contributed by atoms with Crippen LogP contribution in [-0.4, -0.2) is 33.9 Å². The largest absolute Gasteiger partial charge is 0.497 e. The van der Waals surface area contributed by atoms with Gasteiger partial charge in [-0.25, -0.2) is 4.68 Å². The molecule has 2 aromatic carbocycles. The van der Waals surface area contributed by atoms with E-state index in [0.29, 0.717) is 23.8 Å². The highest BCUT2D eigenvalue weighted by atomic mass is 35.5. The number of hydrogen-bond donors (Lipinski definition) is 1. The second-order valence-electron chi connectivity index (χ2n) is 7.01. The van der Waals surface area contributed by atoms with Gasteiger partial charge in [-0.05, 0) is 53.9 Å². The Kier molecular flexibility index (Phi) is 6.04. The highest BCUT2D eigenvalue weighted by molar-refractivity contribution is 6.31. The summed E-state index contributed by atoms with van der Waals surface area (Å²) in [6.07, 6.45) is 1.96. The second-order valence-corrected chi connectivity index (χ2v) is 7.44. The minimum Gasteiger partial charge on any atom is -0.497 e. The van der Waals surface area contributed by atoms with Gasteiger partial charge in [-0.2, -0.15) is 5.10 Å². The molecular weight excluding hydrogens is 416 g/mol. The first-order chi connectivity index (χ1) is 15.0. The zero-order valence-corrected chi connectivity index (χ0v) is 17.7. The average molecular weight is 437 g/mol. The Balaban J connectivity index is 1.39. The molecule has 0 saturated heterocycles. The quantitative estimate of drug-likeness (QED) is 0.482. The van der Waals surface area contributed by atoms with E-state index in [2.05, 4.69) is 10.4 Å². The van der Waals surface area contributed by atoms with Crippen molar-refractivity contribution in [1.82, 2.24) is 19.7 Å². The molecular formula is C23H21ClN4O3. The Morgan fingerprint density at radius 2 is 1.90 bits per heavy atom. The number of halogens is 1. The van der Waals surface area contributed by atoms with Crippen molar-refractivity contribution in [3.05, 3.63) is 82.2 Å². The number of rotatable bonds is 7. The maximum atomic E-state index is 12.4. The van der Waals surface area contributed by atoms with Crippen molar-refractivity contribution in [2.45, 2.75) is 13.1 Å². The number of methoxy groups -OCH3 is 1. The van der Waals surface area contributed by atoms with E-state index >= 15 is 0 Å². The van der Waals surface area contributed by atoms with Gasteiger partial charge in [0.15, 0.2) is 0 Å². The van der Waals surface area contributed by atoms with Crippen molar-refractivity contribution in [3.8, 4) is 17.0 Å². The summed E-state index contributed by atoms with van der Waals surface area (Å²) >= 11 is 6.08. The van der Waals surface area contributed by atoms with Crippen molar-refractivity contribution >= 4 is 28.4 Å². The van der Waals surface area contributed by atoms with Crippen LogP contribution in [0.15, 0.2) is 71.7 Å². The minimum atomic E-state index is -0.335. The molecule has 31 heavy (non-hydrogen) atoms. The standard InChI is InChI=1S/C23H21ClN4O3/c1-31-19-6-3-16(4-7-19)20-8-9-23(30)28(26-20)15-22(29)25-11-13-27-12-10-17-2-5-18(24)14-21(17)27/h2-10,12,14H,11,13,15H2,1H3,(H,25,29). The Bertz CT molecular complexity index is 1280. The van der Waals surface area contributed by atoms with E-state index in [1.54, 1.807) is 13.2 Å². The molecule has 2 aromatic heterocycles. The molecule has 8 heteroatoms. The van der Waals surface area contributed by atoms with Gasteiger partial charge in [-0.15, -0.1) is 0 Å². The first-order valence-corrected chi connectivity index (χ1v) is 10.1. The lowest BCUT2D eigenvalue weighted by Gasteiger charge is -2.10. The molecule has 0 aliphatic carbocycles. The summed E-state index contributed by atoms with van der Waals surface area (Å²) < 4.78 is 8.35. The molecule has 0 atom stereocenters. The predicted octanol–water partition coefficient (Wildman–Crippen LogP) is 3.34. The monoisotopic (exact) mass is 436 g/mol. The molecule has 0 aliphatic rings. The van der Waals surface area contributed by atoms with Crippen molar-refractivity contribution in [2.75, 3.05) is 13.7 Å². The van der Waals surface area contributed by atoms with Crippen LogP contribution >= 0.6 is 11.6 Å². The second kappa shape index (κ2) is 9.06. The number of nitrogens with zero attached hydrogens (tertiary/aromatic N) is 3. The SMILES string of the molecule is COc1ccc(-c2ccc(=O)n(CC(=O)NCCn3ccc4ccc(Cl)cc43)n2)cc1. The third-order valence-corrected chi connectivity index (χ3v) is 5.19. The van der Waals surface area contributed by atoms with Crippen LogP contribution in [0.3, 0.4) is 0 Å². The highest BCUT2D eigenvalue weighted by Gasteiger charge is 2.09. The molecule has 0 fully saturated rings. The third-order valence-electron chi connectivity index (χ3n) is 4.96. The molecule has 0 unspecified atom stereocenters. The smallest absolute Gasteiger partial charge is 0.267 e. The maximum Gasteiger partial charge on any atom is 0.267 e. The van der Waals surface area contributed by atoms with Crippen molar-refractivity contribution in [1.29, 1.82) is 0 Å². The summed E-state index contributed by atoms with van der Waals surface area (Å²) in [7, 11) is 1.60. The van der Waals surface area contributed by atoms with E-state index in [9.17, 15) is 9.59 Å². The molecule has 4 aromatic rings. The number of hydrogen-bond acceptors (Lipinski definition) is 4. The lowest BCUT2D eigenvalue weighted by molar-refractivity contribution is -0.121. The summed E-state index contributed by atoms with van der Waals surface area (Å²) in [5.41, 5.74) is 2.10. The van der Waals surface area contributed by atoms with Crippen LogP contribution in [0.1, 0.15) is 0 Å². The van der Waals surface area contributed by atoms with E-state index in [1.807, 2.05) is 59.3 Å². The third kappa shape index (κ3) is 4.78. The van der Waals surface area contributed by atoms with Gasteiger partial charge in [0.25, 0.3) is 5.56 Å². The van der Waals surface area contributed by atoms with E-state index in [0.717, 1.165) is 22.2 Å². The zero-order valence-electron chi connectivity index (χ0n) is 16.9. The van der Waals surface area contributed by atoms with Gasteiger partial charge in [0.1, 0.15) is 12.3 Å². The summed E-state index contributed by atoms with van der Waals surface area (Å²) in [5.74, 6) is 0.449. The molecule has 0 bridgehead atoms. The van der Waals surface area contributed by atoms with Gasteiger partial charge in [0, 0.05) is 41.5 Å². The zero-order chi connectivity index (χ0) is 21.8. The Morgan fingerprint density at radius 3 is 2.68 bits per heavy atom. The first-order valence-electron chi connectivity index (χ1n) is 9.77. The number of ether oxygens (including phenoxy) is 1. The summed E-state index contributed by atoms with van der Waals surface area (Å²) in [5, 5.41) is 8.92. The van der Waals surface area contributed by atoms with Crippen LogP contribution < -0.4 is 15.6 Å². The number of nitrogens with one attached hydrogen (secondary N) is 1. The molecule has 0 spiro atoms. The first kappa shape index (κ1) is 20.7. The van der Waals surface area contributed by atoms with Crippen LogP contribution in [0, 0.1) is 0 Å². The van der Waals surface area contributed by atoms with Crippen molar-refractivity contribution in [2.24, 2.45) is 0 Å². The molecule has 7 nitrogen and oxygen atoms in total. The number of carbonyl (C=O) groups excluding carboxylic acids is 1. The van der Waals surface area contributed by atoms with Crippen LogP contribution in [0.2, 0.25) is 5.02 Å². The molecule has 0 saturated carbocycles. The lowest BCUT2D eigenvalue weighted by Crippen LogP contribution is -2.35. The van der Waals surface area contributed by atoms with Gasteiger partial charge >= 0.3 is 0 Å². The van der Waals surface area contributed by atoms with Crippen molar-refractivity contribution in [3.63, 3.8) is 0 Å². The van der Waals surface area contributed by atoms with Gasteiger partial charge in [-0.3, -0.25) is 9.59 Å². The predicted molar refractivity (Wildman–Crippen MR) is 120 cm³/mol. The summed E-state index contributed by atoms with van der Waals surface area (Å²) in [6, 6.07) is 18.1. The Labute approximate surface area is 183 Å². The number of benzene rings is 2. The molecule has 2 heterocycles. The molecule has 0 radical (unpaired) electrons. The molecule has 1 amide bonds. The van der Waals surface area contributed by atoms with Crippen LogP contribution in [0.25, 0.3) is 22.2 Å². The number of carbonyl (C=O) groups is 1. The maximum absolute atomic E-state index is 12.4. The van der Waals surface area contributed by atoms with Crippen LogP contribution in [-0.2, 0) is 17.9 Å². The van der Waals surface area contributed by atoms with Gasteiger partial charge < -0.3 is 14.6 Å². The topological polar surface area (TPSA) is 78.1 Å². The van der Waals surface area contributed by atoms with E-state index in [-0.39, 0.29) is 18.0 Å². The minimum absolute atomic E-state index is 0.152. The number of aromatic nitrogens is 3. The normalized spacial score (nSPS) is 10.9. The fraction of sp³-hybridized carbons (Fsp3) is 0.174. The van der Waals surface area contributed by atoms with Gasteiger partial charge in [0.2, 0.25) is 5.91 Å². The number of amides is 1. The van der Waals surface area contributed by atoms with Crippen LogP contribution in [0.4, 0.5) is 0 Å². The summed E-state index contributed by atoms with van der Waals surface area (Å²) in [6.45, 7) is 0.854. The van der Waals surface area contributed by atoms with Crippen molar-refractivity contribution < 1.29 is 9.53 Å². The number of fused-ring (bicyclic) bond motifs is 1. The lowest BCUT2D eigenvalue weighted by atomic mass is 10.1. The molecule has 1 N–H and O–H groups in total. The average Bonchev–Trinajstić information content (AvgIpc) is 3.17. The van der Waals surface area contributed by atoms with Gasteiger partial charge in [-0.1, -0.05) is 17.7 Å². The highest BCUT2D eigenvalue weighted by Crippen LogP contribution is 2.21. The Hall–Kier alpha value is -3.58. The molecule has 4 rings (SSSR count). The fourth-order valence-electron chi connectivity index (χ4n) is 3.34. The van der Waals surface area contributed by atoms with Gasteiger partial charge in [0.05, 0.1) is 12.8 Å².